The van der Waals surface area contributed by atoms with Crippen molar-refractivity contribution in [2.24, 2.45) is 23.2 Å². The number of rotatable bonds is 5. The van der Waals surface area contributed by atoms with Crippen molar-refractivity contribution in [1.29, 1.82) is 0 Å². The van der Waals surface area contributed by atoms with Gasteiger partial charge < -0.3 is 5.32 Å². The predicted octanol–water partition coefficient (Wildman–Crippen LogP) is 3.69. The summed E-state index contributed by atoms with van der Waals surface area (Å²) < 4.78 is 0. The first-order valence-electron chi connectivity index (χ1n) is 6.62. The SMILES string of the molecule is CC(C)CNCC(C1CCC1)C(C)(C)C. The Hall–Kier alpha value is -0.0400. The lowest BCUT2D eigenvalue weighted by molar-refractivity contribution is 0.0951. The Labute approximate surface area is 96.0 Å². The molecule has 1 nitrogen and oxygen atoms in total. The Morgan fingerprint density at radius 3 is 2.07 bits per heavy atom. The zero-order valence-electron chi connectivity index (χ0n) is 11.3. The van der Waals surface area contributed by atoms with Crippen LogP contribution in [-0.2, 0) is 0 Å². The summed E-state index contributed by atoms with van der Waals surface area (Å²) in [7, 11) is 0. The lowest BCUT2D eigenvalue weighted by Gasteiger charge is -2.42. The van der Waals surface area contributed by atoms with E-state index in [2.05, 4.69) is 39.9 Å². The van der Waals surface area contributed by atoms with Crippen LogP contribution in [0.3, 0.4) is 0 Å². The summed E-state index contributed by atoms with van der Waals surface area (Å²) in [5.41, 5.74) is 0.467. The third kappa shape index (κ3) is 4.14. The van der Waals surface area contributed by atoms with Crippen LogP contribution >= 0.6 is 0 Å². The smallest absolute Gasteiger partial charge is 0.00127 e. The average molecular weight is 211 g/mol. The Kier molecular flexibility index (Phi) is 4.64. The maximum Gasteiger partial charge on any atom is -0.00127 e. The molecule has 0 radical (unpaired) electrons. The standard InChI is InChI=1S/C14H29N/c1-11(2)9-15-10-13(14(3,4)5)12-7-6-8-12/h11-13,15H,6-10H2,1-5H3. The molecule has 0 saturated heterocycles. The summed E-state index contributed by atoms with van der Waals surface area (Å²) in [6.45, 7) is 14.1. The minimum Gasteiger partial charge on any atom is -0.316 e. The van der Waals surface area contributed by atoms with Crippen LogP contribution in [0.15, 0.2) is 0 Å². The molecule has 0 bridgehead atoms. The van der Waals surface area contributed by atoms with Crippen LogP contribution in [0.4, 0.5) is 0 Å². The van der Waals surface area contributed by atoms with Crippen molar-refractivity contribution in [2.75, 3.05) is 13.1 Å². The maximum absolute atomic E-state index is 3.64. The fraction of sp³-hybridized carbons (Fsp3) is 1.00. The molecule has 0 heterocycles. The summed E-state index contributed by atoms with van der Waals surface area (Å²) in [4.78, 5) is 0. The second-order valence-electron chi connectivity index (χ2n) is 6.72. The zero-order valence-corrected chi connectivity index (χ0v) is 11.3. The summed E-state index contributed by atoms with van der Waals surface area (Å²) in [5, 5.41) is 3.64. The van der Waals surface area contributed by atoms with Crippen molar-refractivity contribution < 1.29 is 0 Å². The molecule has 1 saturated carbocycles. The van der Waals surface area contributed by atoms with Gasteiger partial charge >= 0.3 is 0 Å². The van der Waals surface area contributed by atoms with E-state index in [1.807, 2.05) is 0 Å². The Bertz CT molecular complexity index is 174. The summed E-state index contributed by atoms with van der Waals surface area (Å²) in [6.07, 6.45) is 4.39. The molecule has 1 fully saturated rings. The molecule has 1 unspecified atom stereocenters. The summed E-state index contributed by atoms with van der Waals surface area (Å²) in [6, 6.07) is 0. The van der Waals surface area contributed by atoms with Crippen molar-refractivity contribution >= 4 is 0 Å². The monoisotopic (exact) mass is 211 g/mol. The molecule has 1 rings (SSSR count). The highest BCUT2D eigenvalue weighted by molar-refractivity contribution is 4.86. The third-order valence-corrected chi connectivity index (χ3v) is 3.75. The topological polar surface area (TPSA) is 12.0 Å². The van der Waals surface area contributed by atoms with E-state index in [0.29, 0.717) is 5.41 Å². The van der Waals surface area contributed by atoms with Gasteiger partial charge in [-0.05, 0) is 36.3 Å². The van der Waals surface area contributed by atoms with Crippen LogP contribution < -0.4 is 5.32 Å². The van der Waals surface area contributed by atoms with Gasteiger partial charge in [-0.1, -0.05) is 53.9 Å². The fourth-order valence-electron chi connectivity index (χ4n) is 2.55. The van der Waals surface area contributed by atoms with Crippen LogP contribution in [0.2, 0.25) is 0 Å². The molecular weight excluding hydrogens is 182 g/mol. The summed E-state index contributed by atoms with van der Waals surface area (Å²) in [5.74, 6) is 2.63. The lowest BCUT2D eigenvalue weighted by atomic mass is 9.65. The number of hydrogen-bond donors (Lipinski definition) is 1. The molecule has 1 aliphatic carbocycles. The highest BCUT2D eigenvalue weighted by atomic mass is 14.9. The van der Waals surface area contributed by atoms with Crippen molar-refractivity contribution in [3.05, 3.63) is 0 Å². The van der Waals surface area contributed by atoms with E-state index < -0.39 is 0 Å². The average Bonchev–Trinajstić information content (AvgIpc) is 1.96. The first-order valence-corrected chi connectivity index (χ1v) is 6.62. The molecule has 1 heteroatoms. The van der Waals surface area contributed by atoms with Crippen molar-refractivity contribution in [3.63, 3.8) is 0 Å². The molecule has 1 aliphatic rings. The van der Waals surface area contributed by atoms with Gasteiger partial charge in [-0.15, -0.1) is 0 Å². The van der Waals surface area contributed by atoms with E-state index in [0.717, 1.165) is 17.8 Å². The fourth-order valence-corrected chi connectivity index (χ4v) is 2.55. The van der Waals surface area contributed by atoms with E-state index >= 15 is 0 Å². The van der Waals surface area contributed by atoms with Crippen LogP contribution in [0.5, 0.6) is 0 Å². The largest absolute Gasteiger partial charge is 0.316 e. The second-order valence-corrected chi connectivity index (χ2v) is 6.72. The van der Waals surface area contributed by atoms with Gasteiger partial charge in [0.05, 0.1) is 0 Å². The van der Waals surface area contributed by atoms with Crippen LogP contribution in [0, 0.1) is 23.2 Å². The predicted molar refractivity (Wildman–Crippen MR) is 68.0 cm³/mol. The quantitative estimate of drug-likeness (QED) is 0.731. The van der Waals surface area contributed by atoms with Gasteiger partial charge in [0.1, 0.15) is 0 Å². The van der Waals surface area contributed by atoms with E-state index in [1.54, 1.807) is 0 Å². The van der Waals surface area contributed by atoms with Crippen molar-refractivity contribution in [3.8, 4) is 0 Å². The number of nitrogens with one attached hydrogen (secondary N) is 1. The molecule has 0 aromatic heterocycles. The number of hydrogen-bond acceptors (Lipinski definition) is 1. The first-order chi connectivity index (χ1) is 6.91. The van der Waals surface area contributed by atoms with Crippen molar-refractivity contribution in [1.82, 2.24) is 5.32 Å². The maximum atomic E-state index is 3.64. The first kappa shape index (κ1) is 13.0. The molecule has 0 amide bonds. The Balaban J connectivity index is 2.36. The normalized spacial score (nSPS) is 20.4. The third-order valence-electron chi connectivity index (χ3n) is 3.75. The van der Waals surface area contributed by atoms with Gasteiger partial charge in [-0.3, -0.25) is 0 Å². The van der Waals surface area contributed by atoms with Gasteiger partial charge in [0.15, 0.2) is 0 Å². The van der Waals surface area contributed by atoms with Crippen LogP contribution in [0.25, 0.3) is 0 Å². The molecule has 1 N–H and O–H groups in total. The Morgan fingerprint density at radius 1 is 1.13 bits per heavy atom. The van der Waals surface area contributed by atoms with Gasteiger partial charge in [0.25, 0.3) is 0 Å². The van der Waals surface area contributed by atoms with Gasteiger partial charge in [-0.25, -0.2) is 0 Å². The van der Waals surface area contributed by atoms with Crippen LogP contribution in [0.1, 0.15) is 53.9 Å². The molecule has 0 aliphatic heterocycles. The zero-order chi connectivity index (χ0) is 11.5. The molecule has 0 aromatic carbocycles. The highest BCUT2D eigenvalue weighted by Gasteiger charge is 2.34. The van der Waals surface area contributed by atoms with Crippen LogP contribution in [-0.4, -0.2) is 13.1 Å². The minimum absolute atomic E-state index is 0.467. The second kappa shape index (κ2) is 5.34. The summed E-state index contributed by atoms with van der Waals surface area (Å²) >= 11 is 0. The molecule has 1 atom stereocenters. The molecular formula is C14H29N. The minimum atomic E-state index is 0.467. The Morgan fingerprint density at radius 2 is 1.73 bits per heavy atom. The van der Waals surface area contributed by atoms with E-state index in [1.165, 1.54) is 32.4 Å². The van der Waals surface area contributed by atoms with Gasteiger partial charge in [0, 0.05) is 0 Å². The van der Waals surface area contributed by atoms with Gasteiger partial charge in [0.2, 0.25) is 0 Å². The van der Waals surface area contributed by atoms with E-state index in [-0.39, 0.29) is 0 Å². The molecule has 15 heavy (non-hydrogen) atoms. The molecule has 0 spiro atoms. The molecule has 90 valence electrons. The van der Waals surface area contributed by atoms with E-state index in [4.69, 9.17) is 0 Å². The highest BCUT2D eigenvalue weighted by Crippen LogP contribution is 2.42. The van der Waals surface area contributed by atoms with E-state index in [9.17, 15) is 0 Å². The van der Waals surface area contributed by atoms with Crippen molar-refractivity contribution in [2.45, 2.75) is 53.9 Å². The van der Waals surface area contributed by atoms with Gasteiger partial charge in [-0.2, -0.15) is 0 Å². The molecule has 0 aromatic rings. The lowest BCUT2D eigenvalue weighted by Crippen LogP contribution is -2.40.